The highest BCUT2D eigenvalue weighted by atomic mass is 32.1. The molecule has 0 aromatic carbocycles. The van der Waals surface area contributed by atoms with Gasteiger partial charge in [0.1, 0.15) is 0 Å². The van der Waals surface area contributed by atoms with E-state index < -0.39 is 0 Å². The number of hydrogen-bond acceptors (Lipinski definition) is 4. The molecular weight excluding hydrogens is 330 g/mol. The molecule has 2 aliphatic heterocycles. The van der Waals surface area contributed by atoms with Gasteiger partial charge in [-0.3, -0.25) is 9.69 Å². The van der Waals surface area contributed by atoms with Crippen LogP contribution in [0.1, 0.15) is 49.9 Å². The quantitative estimate of drug-likeness (QED) is 0.847. The molecule has 2 unspecified atom stereocenters. The third-order valence-corrected chi connectivity index (χ3v) is 7.68. The number of nitrogens with zero attached hydrogens (tertiary/aromatic N) is 1. The van der Waals surface area contributed by atoms with Crippen LogP contribution < -0.4 is 10.6 Å². The highest BCUT2D eigenvalue weighted by Crippen LogP contribution is 2.58. The summed E-state index contributed by atoms with van der Waals surface area (Å²) < 4.78 is 0. The van der Waals surface area contributed by atoms with Gasteiger partial charge in [0.2, 0.25) is 5.91 Å². The number of rotatable bonds is 5. The van der Waals surface area contributed by atoms with Crippen LogP contribution in [0.4, 0.5) is 0 Å². The topological polar surface area (TPSA) is 44.4 Å². The first-order valence-electron chi connectivity index (χ1n) is 9.94. The summed E-state index contributed by atoms with van der Waals surface area (Å²) in [6, 6.07) is 4.70. The minimum absolute atomic E-state index is 0.264. The fourth-order valence-electron chi connectivity index (χ4n) is 4.75. The molecule has 138 valence electrons. The zero-order valence-electron chi connectivity index (χ0n) is 15.3. The molecule has 1 spiro atoms. The van der Waals surface area contributed by atoms with Gasteiger partial charge < -0.3 is 10.6 Å². The molecule has 3 heterocycles. The standard InChI is InChI=1S/C20H31N3OS/c1-15-4-10-23(11-5-15)17(18-3-2-12-25-18)14-22-19(24)16-13-20(16)6-8-21-9-7-20/h2-3,12,15-17,21H,4-11,13-14H2,1H3,(H,22,24). The summed E-state index contributed by atoms with van der Waals surface area (Å²) in [6.45, 7) is 7.57. The Balaban J connectivity index is 1.35. The molecule has 1 saturated carbocycles. The summed E-state index contributed by atoms with van der Waals surface area (Å²) >= 11 is 1.82. The lowest BCUT2D eigenvalue weighted by Gasteiger charge is -2.36. The fraction of sp³-hybridized carbons (Fsp3) is 0.750. The van der Waals surface area contributed by atoms with Gasteiger partial charge in [-0.15, -0.1) is 11.3 Å². The lowest BCUT2D eigenvalue weighted by atomic mass is 9.91. The first-order valence-corrected chi connectivity index (χ1v) is 10.8. The molecule has 4 nitrogen and oxygen atoms in total. The van der Waals surface area contributed by atoms with E-state index in [-0.39, 0.29) is 5.92 Å². The molecule has 0 bridgehead atoms. The predicted octanol–water partition coefficient (Wildman–Crippen LogP) is 3.03. The fourth-order valence-corrected chi connectivity index (χ4v) is 5.61. The molecule has 2 N–H and O–H groups in total. The van der Waals surface area contributed by atoms with E-state index >= 15 is 0 Å². The van der Waals surface area contributed by atoms with Crippen molar-refractivity contribution in [2.45, 2.75) is 45.1 Å². The third-order valence-electron chi connectivity index (χ3n) is 6.71. The highest BCUT2D eigenvalue weighted by Gasteiger charge is 2.57. The van der Waals surface area contributed by atoms with Crippen LogP contribution in [0.5, 0.6) is 0 Å². The van der Waals surface area contributed by atoms with E-state index in [9.17, 15) is 4.79 Å². The van der Waals surface area contributed by atoms with E-state index in [1.54, 1.807) is 0 Å². The van der Waals surface area contributed by atoms with Crippen LogP contribution in [0.2, 0.25) is 0 Å². The number of likely N-dealkylation sites (tertiary alicyclic amines) is 1. The summed E-state index contributed by atoms with van der Waals surface area (Å²) in [6.07, 6.45) is 5.99. The Morgan fingerprint density at radius 3 is 2.84 bits per heavy atom. The van der Waals surface area contributed by atoms with Crippen molar-refractivity contribution in [1.29, 1.82) is 0 Å². The largest absolute Gasteiger partial charge is 0.354 e. The maximum absolute atomic E-state index is 12.7. The summed E-state index contributed by atoms with van der Waals surface area (Å²) in [5.74, 6) is 1.40. The van der Waals surface area contributed by atoms with E-state index in [1.165, 1.54) is 30.6 Å². The maximum atomic E-state index is 12.7. The van der Waals surface area contributed by atoms with Gasteiger partial charge in [0.25, 0.3) is 0 Å². The Hall–Kier alpha value is -0.910. The van der Waals surface area contributed by atoms with Crippen LogP contribution in [0.25, 0.3) is 0 Å². The van der Waals surface area contributed by atoms with Gasteiger partial charge in [0.15, 0.2) is 0 Å². The van der Waals surface area contributed by atoms with Gasteiger partial charge in [-0.1, -0.05) is 13.0 Å². The van der Waals surface area contributed by atoms with Crippen molar-refractivity contribution in [3.63, 3.8) is 0 Å². The van der Waals surface area contributed by atoms with E-state index in [0.29, 0.717) is 17.4 Å². The van der Waals surface area contributed by atoms with E-state index in [1.807, 2.05) is 11.3 Å². The molecule has 2 saturated heterocycles. The molecule has 1 aromatic heterocycles. The molecule has 1 aliphatic carbocycles. The molecule has 2 atom stereocenters. The van der Waals surface area contributed by atoms with Crippen LogP contribution in [-0.4, -0.2) is 43.5 Å². The second-order valence-electron chi connectivity index (χ2n) is 8.36. The van der Waals surface area contributed by atoms with Crippen LogP contribution in [0.3, 0.4) is 0 Å². The number of nitrogens with one attached hydrogen (secondary N) is 2. The van der Waals surface area contributed by atoms with Crippen LogP contribution in [0.15, 0.2) is 17.5 Å². The Morgan fingerprint density at radius 1 is 1.40 bits per heavy atom. The molecule has 0 radical (unpaired) electrons. The number of piperidine rings is 2. The lowest BCUT2D eigenvalue weighted by Crippen LogP contribution is -2.42. The van der Waals surface area contributed by atoms with E-state index in [4.69, 9.17) is 0 Å². The average Bonchev–Trinajstić information content (AvgIpc) is 3.06. The monoisotopic (exact) mass is 361 g/mol. The zero-order valence-corrected chi connectivity index (χ0v) is 16.1. The maximum Gasteiger partial charge on any atom is 0.223 e. The molecular formula is C20H31N3OS. The molecule has 3 aliphatic rings. The Morgan fingerprint density at radius 2 is 2.16 bits per heavy atom. The predicted molar refractivity (Wildman–Crippen MR) is 103 cm³/mol. The summed E-state index contributed by atoms with van der Waals surface area (Å²) in [5, 5.41) is 8.89. The molecule has 3 fully saturated rings. The summed E-state index contributed by atoms with van der Waals surface area (Å²) in [5.41, 5.74) is 0.328. The Labute approximate surface area is 155 Å². The van der Waals surface area contributed by atoms with Crippen molar-refractivity contribution in [1.82, 2.24) is 15.5 Å². The lowest BCUT2D eigenvalue weighted by molar-refractivity contribution is -0.123. The van der Waals surface area contributed by atoms with Crippen molar-refractivity contribution in [2.24, 2.45) is 17.3 Å². The van der Waals surface area contributed by atoms with Gasteiger partial charge in [0, 0.05) is 17.3 Å². The highest BCUT2D eigenvalue weighted by molar-refractivity contribution is 7.10. The number of carbonyl (C=O) groups is 1. The number of hydrogen-bond donors (Lipinski definition) is 2. The van der Waals surface area contributed by atoms with Crippen molar-refractivity contribution >= 4 is 17.2 Å². The van der Waals surface area contributed by atoms with Crippen molar-refractivity contribution in [3.8, 4) is 0 Å². The van der Waals surface area contributed by atoms with E-state index in [2.05, 4.69) is 40.0 Å². The van der Waals surface area contributed by atoms with Crippen molar-refractivity contribution in [3.05, 3.63) is 22.4 Å². The normalized spacial score (nSPS) is 28.0. The number of amides is 1. The summed E-state index contributed by atoms with van der Waals surface area (Å²) in [4.78, 5) is 16.7. The molecule has 25 heavy (non-hydrogen) atoms. The van der Waals surface area contributed by atoms with Gasteiger partial charge >= 0.3 is 0 Å². The second-order valence-corrected chi connectivity index (χ2v) is 9.34. The van der Waals surface area contributed by atoms with Gasteiger partial charge in [-0.2, -0.15) is 0 Å². The average molecular weight is 362 g/mol. The van der Waals surface area contributed by atoms with Crippen LogP contribution in [0, 0.1) is 17.3 Å². The first-order chi connectivity index (χ1) is 12.2. The molecule has 5 heteroatoms. The Kier molecular flexibility index (Phi) is 5.16. The summed E-state index contributed by atoms with van der Waals surface area (Å²) in [7, 11) is 0. The molecule has 4 rings (SSSR count). The van der Waals surface area contributed by atoms with E-state index in [0.717, 1.165) is 45.1 Å². The van der Waals surface area contributed by atoms with Gasteiger partial charge in [-0.25, -0.2) is 0 Å². The van der Waals surface area contributed by atoms with Crippen LogP contribution >= 0.6 is 11.3 Å². The smallest absolute Gasteiger partial charge is 0.223 e. The number of thiophene rings is 1. The van der Waals surface area contributed by atoms with Crippen LogP contribution in [-0.2, 0) is 4.79 Å². The van der Waals surface area contributed by atoms with Crippen molar-refractivity contribution < 1.29 is 4.79 Å². The third kappa shape index (κ3) is 3.79. The minimum atomic E-state index is 0.264. The molecule has 1 amide bonds. The van der Waals surface area contributed by atoms with Gasteiger partial charge in [0.05, 0.1) is 6.04 Å². The minimum Gasteiger partial charge on any atom is -0.354 e. The SMILES string of the molecule is CC1CCN(C(CNC(=O)C2CC23CCNCC3)c2cccs2)CC1. The van der Waals surface area contributed by atoms with Gasteiger partial charge in [-0.05, 0) is 81.1 Å². The first kappa shape index (κ1) is 17.5. The van der Waals surface area contributed by atoms with Crippen molar-refractivity contribution in [2.75, 3.05) is 32.7 Å². The molecule has 1 aromatic rings. The zero-order chi connectivity index (χ0) is 17.3. The number of carbonyl (C=O) groups excluding carboxylic acids is 1. The second kappa shape index (κ2) is 7.37. The Bertz CT molecular complexity index is 574.